The van der Waals surface area contributed by atoms with Gasteiger partial charge >= 0.3 is 11.8 Å². The Hall–Kier alpha value is -4.86. The van der Waals surface area contributed by atoms with Crippen molar-refractivity contribution in [2.24, 2.45) is 5.10 Å². The summed E-state index contributed by atoms with van der Waals surface area (Å²) in [6.45, 7) is 4.10. The lowest BCUT2D eigenvalue weighted by molar-refractivity contribution is -0.139. The maximum absolute atomic E-state index is 12.4. The van der Waals surface area contributed by atoms with E-state index in [1.165, 1.54) is 18.9 Å². The molecule has 0 aliphatic heterocycles. The summed E-state index contributed by atoms with van der Waals surface area (Å²) in [5, 5.41) is 9.15. The van der Waals surface area contributed by atoms with Gasteiger partial charge in [-0.1, -0.05) is 44.2 Å². The van der Waals surface area contributed by atoms with Crippen LogP contribution in [-0.4, -0.2) is 44.8 Å². The van der Waals surface area contributed by atoms with Crippen LogP contribution in [0.1, 0.15) is 36.5 Å². The van der Waals surface area contributed by atoms with Crippen LogP contribution in [0.5, 0.6) is 17.2 Å². The first-order valence-electron chi connectivity index (χ1n) is 12.2. The van der Waals surface area contributed by atoms with E-state index in [1.54, 1.807) is 49.6 Å². The zero-order valence-electron chi connectivity index (χ0n) is 22.3. The number of carbonyl (C=O) groups excluding carboxylic acids is 3. The molecule has 0 saturated heterocycles. The predicted molar refractivity (Wildman–Crippen MR) is 148 cm³/mol. The highest BCUT2D eigenvalue weighted by atomic mass is 16.5. The summed E-state index contributed by atoms with van der Waals surface area (Å²) >= 11 is 0. The van der Waals surface area contributed by atoms with Crippen LogP contribution >= 0.6 is 0 Å². The van der Waals surface area contributed by atoms with Crippen molar-refractivity contribution in [3.8, 4) is 17.2 Å². The third kappa shape index (κ3) is 8.60. The molecule has 204 valence electrons. The monoisotopic (exact) mass is 532 g/mol. The fourth-order valence-electron chi connectivity index (χ4n) is 3.45. The molecule has 0 fully saturated rings. The van der Waals surface area contributed by atoms with Gasteiger partial charge in [0, 0.05) is 17.8 Å². The summed E-state index contributed by atoms with van der Waals surface area (Å²) in [7, 11) is 3.02. The first-order valence-corrected chi connectivity index (χ1v) is 12.2. The fraction of sp³-hybridized carbons (Fsp3) is 0.241. The second kappa shape index (κ2) is 14.2. The number of hydrazone groups is 1. The third-order valence-corrected chi connectivity index (χ3v) is 5.63. The van der Waals surface area contributed by atoms with Gasteiger partial charge in [0.25, 0.3) is 5.91 Å². The Morgan fingerprint density at radius 2 is 1.62 bits per heavy atom. The molecule has 3 aromatic carbocycles. The van der Waals surface area contributed by atoms with Crippen molar-refractivity contribution in [1.29, 1.82) is 0 Å². The van der Waals surface area contributed by atoms with Crippen LogP contribution < -0.4 is 30.3 Å². The lowest BCUT2D eigenvalue weighted by Gasteiger charge is -2.13. The van der Waals surface area contributed by atoms with Gasteiger partial charge in [-0.25, -0.2) is 5.43 Å². The van der Waals surface area contributed by atoms with E-state index in [9.17, 15) is 14.4 Å². The van der Waals surface area contributed by atoms with Gasteiger partial charge in [0.2, 0.25) is 0 Å². The van der Waals surface area contributed by atoms with Crippen molar-refractivity contribution in [3.63, 3.8) is 0 Å². The molecule has 0 saturated carbocycles. The number of benzene rings is 3. The molecule has 10 nitrogen and oxygen atoms in total. The number of hydrogen-bond donors (Lipinski definition) is 3. The summed E-state index contributed by atoms with van der Waals surface area (Å²) in [6, 6.07) is 19.7. The largest absolute Gasteiger partial charge is 0.497 e. The lowest BCUT2D eigenvalue weighted by atomic mass is 10.0. The van der Waals surface area contributed by atoms with E-state index in [4.69, 9.17) is 14.2 Å². The Morgan fingerprint density at radius 3 is 2.26 bits per heavy atom. The Bertz CT molecular complexity index is 1300. The normalized spacial score (nSPS) is 10.7. The molecular formula is C29H32N4O6. The highest BCUT2D eigenvalue weighted by Crippen LogP contribution is 2.30. The smallest absolute Gasteiger partial charge is 0.329 e. The molecule has 39 heavy (non-hydrogen) atoms. The minimum Gasteiger partial charge on any atom is -0.497 e. The number of anilines is 1. The van der Waals surface area contributed by atoms with E-state index in [1.807, 2.05) is 24.3 Å². The van der Waals surface area contributed by atoms with Crippen molar-refractivity contribution in [3.05, 3.63) is 83.4 Å². The number of para-hydroxylation sites is 1. The average Bonchev–Trinajstić information content (AvgIpc) is 2.95. The van der Waals surface area contributed by atoms with E-state index in [0.29, 0.717) is 28.7 Å². The molecule has 0 heterocycles. The topological polar surface area (TPSA) is 127 Å². The van der Waals surface area contributed by atoms with Crippen LogP contribution in [0.25, 0.3) is 0 Å². The van der Waals surface area contributed by atoms with Crippen molar-refractivity contribution < 1.29 is 28.6 Å². The van der Waals surface area contributed by atoms with Crippen LogP contribution in [0.2, 0.25) is 0 Å². The van der Waals surface area contributed by atoms with Gasteiger partial charge in [0.05, 0.1) is 20.4 Å². The van der Waals surface area contributed by atoms with Crippen molar-refractivity contribution in [2.75, 3.05) is 26.1 Å². The summed E-state index contributed by atoms with van der Waals surface area (Å²) in [4.78, 5) is 36.7. The van der Waals surface area contributed by atoms with Gasteiger partial charge in [0.1, 0.15) is 5.75 Å². The predicted octanol–water partition coefficient (Wildman–Crippen LogP) is 3.61. The number of hydrogen-bond acceptors (Lipinski definition) is 7. The zero-order valence-corrected chi connectivity index (χ0v) is 22.3. The highest BCUT2D eigenvalue weighted by molar-refractivity contribution is 6.35. The van der Waals surface area contributed by atoms with E-state index < -0.39 is 17.7 Å². The summed E-state index contributed by atoms with van der Waals surface area (Å²) in [5.74, 6) is -0.446. The number of methoxy groups -OCH3 is 2. The molecule has 3 N–H and O–H groups in total. The van der Waals surface area contributed by atoms with E-state index >= 15 is 0 Å². The number of carbonyl (C=O) groups is 3. The van der Waals surface area contributed by atoms with Gasteiger partial charge in [0.15, 0.2) is 18.1 Å². The maximum atomic E-state index is 12.4. The second-order valence-corrected chi connectivity index (χ2v) is 8.72. The number of nitrogens with zero attached hydrogens (tertiary/aromatic N) is 1. The molecule has 0 aromatic heterocycles. The molecule has 3 amide bonds. The Labute approximate surface area is 227 Å². The third-order valence-electron chi connectivity index (χ3n) is 5.63. The minimum atomic E-state index is -0.922. The van der Waals surface area contributed by atoms with Gasteiger partial charge < -0.3 is 24.8 Å². The molecule has 0 atom stereocenters. The number of ether oxygens (including phenoxy) is 3. The summed E-state index contributed by atoms with van der Waals surface area (Å²) in [6.07, 6.45) is 1.30. The van der Waals surface area contributed by atoms with Crippen LogP contribution in [0.3, 0.4) is 0 Å². The fourth-order valence-corrected chi connectivity index (χ4v) is 3.45. The molecule has 0 aliphatic carbocycles. The maximum Gasteiger partial charge on any atom is 0.329 e. The van der Waals surface area contributed by atoms with Gasteiger partial charge in [-0.15, -0.1) is 0 Å². The highest BCUT2D eigenvalue weighted by Gasteiger charge is 2.14. The summed E-state index contributed by atoms with van der Waals surface area (Å²) in [5.41, 5.74) is 5.27. The lowest BCUT2D eigenvalue weighted by Crippen LogP contribution is -2.37. The van der Waals surface area contributed by atoms with Crippen molar-refractivity contribution >= 4 is 29.6 Å². The van der Waals surface area contributed by atoms with E-state index in [-0.39, 0.29) is 18.9 Å². The van der Waals surface area contributed by atoms with E-state index in [0.717, 1.165) is 5.56 Å². The molecule has 0 spiro atoms. The van der Waals surface area contributed by atoms with Crippen LogP contribution in [-0.2, 0) is 20.9 Å². The Balaban J connectivity index is 1.55. The van der Waals surface area contributed by atoms with Crippen LogP contribution in [0, 0.1) is 0 Å². The standard InChI is InChI=1S/C29H32N4O6/c1-19(2)21-10-8-20(9-11-21)16-30-28(35)29(36)33-31-17-22-6-5-7-25(38-4)27(22)39-18-26(34)32-23-12-14-24(37-3)15-13-23/h5-15,17,19H,16,18H2,1-4H3,(H,30,35)(H,32,34)(H,33,36)/b31-17-. The molecule has 10 heteroatoms. The van der Waals surface area contributed by atoms with Crippen LogP contribution in [0.15, 0.2) is 71.8 Å². The first-order chi connectivity index (χ1) is 18.8. The second-order valence-electron chi connectivity index (χ2n) is 8.72. The first kappa shape index (κ1) is 28.7. The number of amides is 3. The van der Waals surface area contributed by atoms with Crippen molar-refractivity contribution in [1.82, 2.24) is 10.7 Å². The molecule has 0 aliphatic rings. The average molecular weight is 533 g/mol. The number of rotatable bonds is 11. The SMILES string of the molecule is COc1ccc(NC(=O)COc2c(/C=N\NC(=O)C(=O)NCc3ccc(C(C)C)cc3)cccc2OC)cc1. The molecular weight excluding hydrogens is 500 g/mol. The van der Waals surface area contributed by atoms with Crippen molar-refractivity contribution in [2.45, 2.75) is 26.3 Å². The molecule has 0 bridgehead atoms. The van der Waals surface area contributed by atoms with Gasteiger partial charge in [-0.3, -0.25) is 14.4 Å². The minimum absolute atomic E-state index is 0.209. The molecule has 0 radical (unpaired) electrons. The van der Waals surface area contributed by atoms with Gasteiger partial charge in [-0.2, -0.15) is 5.10 Å². The Morgan fingerprint density at radius 1 is 0.897 bits per heavy atom. The van der Waals surface area contributed by atoms with Crippen LogP contribution in [0.4, 0.5) is 5.69 Å². The number of nitrogens with one attached hydrogen (secondary N) is 3. The van der Waals surface area contributed by atoms with E-state index in [2.05, 4.69) is 35.0 Å². The quantitative estimate of drug-likeness (QED) is 0.197. The zero-order chi connectivity index (χ0) is 28.2. The summed E-state index contributed by atoms with van der Waals surface area (Å²) < 4.78 is 16.2. The molecule has 3 rings (SSSR count). The Kier molecular flexibility index (Phi) is 10.4. The van der Waals surface area contributed by atoms with Gasteiger partial charge in [-0.05, 0) is 53.4 Å². The molecule has 0 unspecified atom stereocenters. The molecule has 3 aromatic rings.